The number of esters is 1. The van der Waals surface area contributed by atoms with Gasteiger partial charge in [-0.2, -0.15) is 0 Å². The van der Waals surface area contributed by atoms with Crippen LogP contribution in [0.5, 0.6) is 11.5 Å². The molecule has 5 heteroatoms. The Morgan fingerprint density at radius 3 is 2.33 bits per heavy atom. The molecule has 0 spiro atoms. The molecule has 0 bridgehead atoms. The molecule has 4 rings (SSSR count). The van der Waals surface area contributed by atoms with E-state index in [1.807, 2.05) is 85.8 Å². The van der Waals surface area contributed by atoms with E-state index in [1.165, 1.54) is 0 Å². The maximum absolute atomic E-state index is 12.2. The lowest BCUT2D eigenvalue weighted by Gasteiger charge is -2.17. The third kappa shape index (κ3) is 4.25. The summed E-state index contributed by atoms with van der Waals surface area (Å²) in [4.78, 5) is 16.6. The van der Waals surface area contributed by atoms with Crippen LogP contribution in [0.2, 0.25) is 0 Å². The smallest absolute Gasteiger partial charge is 0.363 e. The number of rotatable bonds is 6. The number of carbonyl (C=O) groups is 1. The second kappa shape index (κ2) is 8.66. The fourth-order valence-corrected chi connectivity index (χ4v) is 3.13. The standard InChI is InChI=1S/C25H21NO4/c1-17(19-9-5-3-6-10-19)29-22-14-13-18(16-23(22)28-2)15-21-25(27)30-24(26-21)20-11-7-4-8-12-20/h3-17H,1-2H3/b21-15+/t17-/m0/s1. The summed E-state index contributed by atoms with van der Waals surface area (Å²) in [6.07, 6.45) is 1.54. The molecule has 0 unspecified atom stereocenters. The number of ether oxygens (including phenoxy) is 3. The monoisotopic (exact) mass is 399 g/mol. The molecule has 0 aliphatic carbocycles. The van der Waals surface area contributed by atoms with Crippen molar-refractivity contribution >= 4 is 17.9 Å². The second-order valence-electron chi connectivity index (χ2n) is 6.78. The Labute approximate surface area is 175 Å². The molecule has 1 heterocycles. The molecule has 1 aliphatic rings. The Hall–Kier alpha value is -3.86. The summed E-state index contributed by atoms with van der Waals surface area (Å²) >= 11 is 0. The van der Waals surface area contributed by atoms with E-state index in [9.17, 15) is 4.79 Å². The number of hydrogen-bond donors (Lipinski definition) is 0. The van der Waals surface area contributed by atoms with Crippen molar-refractivity contribution < 1.29 is 19.0 Å². The summed E-state index contributed by atoms with van der Waals surface area (Å²) in [7, 11) is 1.59. The Bertz CT molecular complexity index is 1100. The summed E-state index contributed by atoms with van der Waals surface area (Å²) in [6, 6.07) is 24.8. The summed E-state index contributed by atoms with van der Waals surface area (Å²) in [5.74, 6) is 1.02. The van der Waals surface area contributed by atoms with E-state index in [4.69, 9.17) is 14.2 Å². The zero-order valence-corrected chi connectivity index (χ0v) is 16.7. The zero-order chi connectivity index (χ0) is 20.9. The fourth-order valence-electron chi connectivity index (χ4n) is 3.13. The van der Waals surface area contributed by atoms with Crippen LogP contribution in [-0.4, -0.2) is 19.0 Å². The van der Waals surface area contributed by atoms with Gasteiger partial charge in [-0.25, -0.2) is 9.79 Å². The van der Waals surface area contributed by atoms with Crippen molar-refractivity contribution in [2.75, 3.05) is 7.11 Å². The summed E-state index contributed by atoms with van der Waals surface area (Å²) in [5, 5.41) is 0. The number of carbonyl (C=O) groups excluding carboxylic acids is 1. The third-order valence-electron chi connectivity index (χ3n) is 4.71. The molecule has 1 aliphatic heterocycles. The van der Waals surface area contributed by atoms with Crippen LogP contribution in [0.15, 0.2) is 89.6 Å². The molecule has 0 fully saturated rings. The molecule has 0 amide bonds. The number of cyclic esters (lactones) is 1. The molecule has 150 valence electrons. The van der Waals surface area contributed by atoms with Gasteiger partial charge in [0.15, 0.2) is 17.2 Å². The first-order valence-electron chi connectivity index (χ1n) is 9.61. The fraction of sp³-hybridized carbons (Fsp3) is 0.120. The first kappa shape index (κ1) is 19.5. The SMILES string of the molecule is COc1cc(/C=C2/N=C(c3ccccc3)OC2=O)ccc1O[C@@H](C)c1ccccc1. The lowest BCUT2D eigenvalue weighted by molar-refractivity contribution is -0.129. The molecule has 3 aromatic rings. The van der Waals surface area contributed by atoms with Crippen molar-refractivity contribution in [3.05, 3.63) is 101 Å². The predicted molar refractivity (Wildman–Crippen MR) is 116 cm³/mol. The minimum Gasteiger partial charge on any atom is -0.493 e. The van der Waals surface area contributed by atoms with E-state index in [1.54, 1.807) is 13.2 Å². The Balaban J connectivity index is 1.57. The number of benzene rings is 3. The van der Waals surface area contributed by atoms with E-state index < -0.39 is 5.97 Å². The van der Waals surface area contributed by atoms with Gasteiger partial charge in [0, 0.05) is 5.56 Å². The topological polar surface area (TPSA) is 57.1 Å². The Morgan fingerprint density at radius 1 is 0.933 bits per heavy atom. The molecule has 0 N–H and O–H groups in total. The molecule has 3 aromatic carbocycles. The number of hydrogen-bond acceptors (Lipinski definition) is 5. The van der Waals surface area contributed by atoms with Crippen molar-refractivity contribution in [2.24, 2.45) is 4.99 Å². The van der Waals surface area contributed by atoms with Gasteiger partial charge in [0.1, 0.15) is 6.10 Å². The Kier molecular flexibility index (Phi) is 5.61. The van der Waals surface area contributed by atoms with Gasteiger partial charge in [0.05, 0.1) is 7.11 Å². The Morgan fingerprint density at radius 2 is 1.63 bits per heavy atom. The molecule has 1 atom stereocenters. The minimum atomic E-state index is -0.481. The maximum Gasteiger partial charge on any atom is 0.363 e. The molecule has 0 saturated carbocycles. The predicted octanol–water partition coefficient (Wildman–Crippen LogP) is 5.18. The van der Waals surface area contributed by atoms with E-state index in [2.05, 4.69) is 4.99 Å². The van der Waals surface area contributed by atoms with Gasteiger partial charge in [0.2, 0.25) is 5.90 Å². The van der Waals surface area contributed by atoms with Crippen molar-refractivity contribution in [3.63, 3.8) is 0 Å². The first-order valence-corrected chi connectivity index (χ1v) is 9.61. The van der Waals surface area contributed by atoms with E-state index in [0.29, 0.717) is 17.4 Å². The van der Waals surface area contributed by atoms with Crippen LogP contribution in [0.3, 0.4) is 0 Å². The van der Waals surface area contributed by atoms with Gasteiger partial charge >= 0.3 is 5.97 Å². The van der Waals surface area contributed by atoms with Gasteiger partial charge < -0.3 is 14.2 Å². The lowest BCUT2D eigenvalue weighted by atomic mass is 10.1. The molecule has 0 saturated heterocycles. The third-order valence-corrected chi connectivity index (χ3v) is 4.71. The van der Waals surface area contributed by atoms with E-state index in [0.717, 1.165) is 16.7 Å². The summed E-state index contributed by atoms with van der Waals surface area (Å²) in [6.45, 7) is 1.99. The van der Waals surface area contributed by atoms with Gasteiger partial charge in [-0.3, -0.25) is 0 Å². The summed E-state index contributed by atoms with van der Waals surface area (Å²) in [5.41, 5.74) is 2.83. The highest BCUT2D eigenvalue weighted by atomic mass is 16.6. The van der Waals surface area contributed by atoms with E-state index in [-0.39, 0.29) is 11.8 Å². The van der Waals surface area contributed by atoms with Gasteiger partial charge in [-0.05, 0) is 48.4 Å². The average Bonchev–Trinajstić information content (AvgIpc) is 3.16. The van der Waals surface area contributed by atoms with E-state index >= 15 is 0 Å². The van der Waals surface area contributed by atoms with Gasteiger partial charge in [-0.1, -0.05) is 54.6 Å². The minimum absolute atomic E-state index is 0.132. The zero-order valence-electron chi connectivity index (χ0n) is 16.7. The van der Waals surface area contributed by atoms with Crippen LogP contribution in [0, 0.1) is 0 Å². The normalized spacial score (nSPS) is 15.5. The van der Waals surface area contributed by atoms with Crippen LogP contribution in [-0.2, 0) is 9.53 Å². The molecule has 5 nitrogen and oxygen atoms in total. The van der Waals surface area contributed by atoms with Gasteiger partial charge in [-0.15, -0.1) is 0 Å². The number of nitrogens with zero attached hydrogens (tertiary/aromatic N) is 1. The maximum atomic E-state index is 12.2. The molecule has 0 aromatic heterocycles. The van der Waals surface area contributed by atoms with Crippen LogP contribution < -0.4 is 9.47 Å². The average molecular weight is 399 g/mol. The molecular formula is C25H21NO4. The highest BCUT2D eigenvalue weighted by Gasteiger charge is 2.24. The summed E-state index contributed by atoms with van der Waals surface area (Å²) < 4.78 is 16.9. The highest BCUT2D eigenvalue weighted by Crippen LogP contribution is 2.33. The van der Waals surface area contributed by atoms with Crippen LogP contribution in [0.1, 0.15) is 29.7 Å². The van der Waals surface area contributed by atoms with Gasteiger partial charge in [0.25, 0.3) is 0 Å². The van der Waals surface area contributed by atoms with Crippen LogP contribution >= 0.6 is 0 Å². The first-order chi connectivity index (χ1) is 14.6. The number of methoxy groups -OCH3 is 1. The second-order valence-corrected chi connectivity index (χ2v) is 6.78. The van der Waals surface area contributed by atoms with Crippen molar-refractivity contribution in [1.82, 2.24) is 0 Å². The molecule has 0 radical (unpaired) electrons. The highest BCUT2D eigenvalue weighted by molar-refractivity contribution is 6.12. The van der Waals surface area contributed by atoms with Crippen molar-refractivity contribution in [1.29, 1.82) is 0 Å². The van der Waals surface area contributed by atoms with Crippen LogP contribution in [0.25, 0.3) is 6.08 Å². The molecule has 30 heavy (non-hydrogen) atoms. The van der Waals surface area contributed by atoms with Crippen molar-refractivity contribution in [2.45, 2.75) is 13.0 Å². The largest absolute Gasteiger partial charge is 0.493 e. The van der Waals surface area contributed by atoms with Crippen LogP contribution in [0.4, 0.5) is 0 Å². The number of aliphatic imine (C=N–C) groups is 1. The van der Waals surface area contributed by atoms with Crippen molar-refractivity contribution in [3.8, 4) is 11.5 Å². The lowest BCUT2D eigenvalue weighted by Crippen LogP contribution is -2.05. The quantitative estimate of drug-likeness (QED) is 0.423. The molecular weight excluding hydrogens is 378 g/mol.